The number of nitrogens with one attached hydrogen (secondary N) is 1. The SMILES string of the molecule is CC(C)CN1CC(Cc2ccccc2)NCc2ccccc21. The van der Waals surface area contributed by atoms with Crippen molar-refractivity contribution in [3.05, 3.63) is 65.7 Å². The first-order valence-corrected chi connectivity index (χ1v) is 8.32. The summed E-state index contributed by atoms with van der Waals surface area (Å²) < 4.78 is 0. The van der Waals surface area contributed by atoms with Gasteiger partial charge >= 0.3 is 0 Å². The van der Waals surface area contributed by atoms with Crippen LogP contribution in [0.1, 0.15) is 25.0 Å². The van der Waals surface area contributed by atoms with E-state index in [1.54, 1.807) is 0 Å². The lowest BCUT2D eigenvalue weighted by molar-refractivity contribution is 0.498. The molecule has 0 spiro atoms. The van der Waals surface area contributed by atoms with Crippen LogP contribution in [-0.4, -0.2) is 19.1 Å². The number of hydrogen-bond donors (Lipinski definition) is 1. The van der Waals surface area contributed by atoms with Crippen molar-refractivity contribution < 1.29 is 0 Å². The molecule has 1 aliphatic heterocycles. The maximum atomic E-state index is 3.75. The summed E-state index contributed by atoms with van der Waals surface area (Å²) in [5.74, 6) is 0.670. The molecule has 1 heterocycles. The molecule has 1 unspecified atom stereocenters. The van der Waals surface area contributed by atoms with E-state index in [1.807, 2.05) is 0 Å². The molecule has 1 atom stereocenters. The van der Waals surface area contributed by atoms with Crippen LogP contribution in [-0.2, 0) is 13.0 Å². The standard InChI is InChI=1S/C20H26N2/c1-16(2)14-22-15-19(12-17-8-4-3-5-9-17)21-13-18-10-6-7-11-20(18)22/h3-11,16,19,21H,12-15H2,1-2H3. The van der Waals surface area contributed by atoms with Gasteiger partial charge in [-0.05, 0) is 29.5 Å². The Hall–Kier alpha value is -1.80. The summed E-state index contributed by atoms with van der Waals surface area (Å²) in [5.41, 5.74) is 4.23. The van der Waals surface area contributed by atoms with Crippen LogP contribution < -0.4 is 10.2 Å². The minimum atomic E-state index is 0.494. The Bertz CT molecular complexity index is 592. The van der Waals surface area contributed by atoms with E-state index < -0.39 is 0 Å². The van der Waals surface area contributed by atoms with Gasteiger partial charge in [0.2, 0.25) is 0 Å². The van der Waals surface area contributed by atoms with Crippen LogP contribution in [0, 0.1) is 5.92 Å². The fraction of sp³-hybridized carbons (Fsp3) is 0.400. The van der Waals surface area contributed by atoms with Crippen molar-refractivity contribution in [1.29, 1.82) is 0 Å². The molecule has 0 saturated carbocycles. The van der Waals surface area contributed by atoms with E-state index in [0.717, 1.165) is 26.1 Å². The quantitative estimate of drug-likeness (QED) is 0.921. The molecule has 0 fully saturated rings. The molecular formula is C20H26N2. The van der Waals surface area contributed by atoms with E-state index in [2.05, 4.69) is 78.7 Å². The van der Waals surface area contributed by atoms with Crippen molar-refractivity contribution in [2.24, 2.45) is 5.92 Å². The lowest BCUT2D eigenvalue weighted by Gasteiger charge is -2.29. The minimum absolute atomic E-state index is 0.494. The van der Waals surface area contributed by atoms with Crippen LogP contribution in [0.5, 0.6) is 0 Å². The Labute approximate surface area is 134 Å². The van der Waals surface area contributed by atoms with Crippen LogP contribution >= 0.6 is 0 Å². The molecule has 1 aliphatic rings. The highest BCUT2D eigenvalue weighted by Gasteiger charge is 2.21. The number of fused-ring (bicyclic) bond motifs is 1. The third kappa shape index (κ3) is 3.69. The molecule has 0 aliphatic carbocycles. The molecule has 116 valence electrons. The zero-order chi connectivity index (χ0) is 15.4. The molecule has 2 aromatic rings. The zero-order valence-corrected chi connectivity index (χ0v) is 13.6. The molecule has 0 saturated heterocycles. The summed E-state index contributed by atoms with van der Waals surface area (Å²) >= 11 is 0. The topological polar surface area (TPSA) is 15.3 Å². The number of nitrogens with zero attached hydrogens (tertiary/aromatic N) is 1. The lowest BCUT2D eigenvalue weighted by atomic mass is 10.1. The van der Waals surface area contributed by atoms with Crippen molar-refractivity contribution in [3.8, 4) is 0 Å². The molecule has 2 nitrogen and oxygen atoms in total. The predicted molar refractivity (Wildman–Crippen MR) is 94.3 cm³/mol. The fourth-order valence-electron chi connectivity index (χ4n) is 3.30. The van der Waals surface area contributed by atoms with E-state index in [-0.39, 0.29) is 0 Å². The van der Waals surface area contributed by atoms with Crippen molar-refractivity contribution in [1.82, 2.24) is 5.32 Å². The molecule has 0 amide bonds. The summed E-state index contributed by atoms with van der Waals surface area (Å²) in [4.78, 5) is 2.56. The average molecular weight is 294 g/mol. The normalized spacial score (nSPS) is 18.1. The number of para-hydroxylation sites is 1. The summed E-state index contributed by atoms with van der Waals surface area (Å²) in [7, 11) is 0. The molecule has 22 heavy (non-hydrogen) atoms. The van der Waals surface area contributed by atoms with Gasteiger partial charge in [0.1, 0.15) is 0 Å². The highest BCUT2D eigenvalue weighted by atomic mass is 15.2. The molecule has 2 aromatic carbocycles. The van der Waals surface area contributed by atoms with E-state index >= 15 is 0 Å². The number of benzene rings is 2. The molecule has 0 aromatic heterocycles. The maximum absolute atomic E-state index is 3.75. The van der Waals surface area contributed by atoms with Gasteiger partial charge in [0, 0.05) is 31.4 Å². The Morgan fingerprint density at radius 2 is 1.77 bits per heavy atom. The Morgan fingerprint density at radius 1 is 1.05 bits per heavy atom. The lowest BCUT2D eigenvalue weighted by Crippen LogP contribution is -2.41. The number of anilines is 1. The van der Waals surface area contributed by atoms with Crippen LogP contribution in [0.2, 0.25) is 0 Å². The second kappa shape index (κ2) is 6.97. The Balaban J connectivity index is 1.79. The third-order valence-electron chi connectivity index (χ3n) is 4.26. The van der Waals surface area contributed by atoms with Crippen LogP contribution in [0.4, 0.5) is 5.69 Å². The van der Waals surface area contributed by atoms with Crippen LogP contribution in [0.3, 0.4) is 0 Å². The van der Waals surface area contributed by atoms with Gasteiger partial charge in [-0.15, -0.1) is 0 Å². The van der Waals surface area contributed by atoms with Gasteiger partial charge in [0.25, 0.3) is 0 Å². The maximum Gasteiger partial charge on any atom is 0.0412 e. The average Bonchev–Trinajstić information content (AvgIpc) is 2.68. The predicted octanol–water partition coefficient (Wildman–Crippen LogP) is 3.86. The van der Waals surface area contributed by atoms with Crippen molar-refractivity contribution in [2.45, 2.75) is 32.9 Å². The Morgan fingerprint density at radius 3 is 2.55 bits per heavy atom. The molecular weight excluding hydrogens is 268 g/mol. The van der Waals surface area contributed by atoms with Crippen LogP contribution in [0.15, 0.2) is 54.6 Å². The fourth-order valence-corrected chi connectivity index (χ4v) is 3.30. The van der Waals surface area contributed by atoms with Gasteiger partial charge in [0.05, 0.1) is 0 Å². The van der Waals surface area contributed by atoms with E-state index in [1.165, 1.54) is 16.8 Å². The highest BCUT2D eigenvalue weighted by Crippen LogP contribution is 2.25. The molecule has 2 heteroatoms. The number of rotatable bonds is 4. The van der Waals surface area contributed by atoms with E-state index in [9.17, 15) is 0 Å². The second-order valence-electron chi connectivity index (χ2n) is 6.70. The first-order chi connectivity index (χ1) is 10.7. The van der Waals surface area contributed by atoms with Gasteiger partial charge in [0.15, 0.2) is 0 Å². The molecule has 0 bridgehead atoms. The first kappa shape index (κ1) is 15.1. The zero-order valence-electron chi connectivity index (χ0n) is 13.6. The van der Waals surface area contributed by atoms with Crippen molar-refractivity contribution in [2.75, 3.05) is 18.0 Å². The van der Waals surface area contributed by atoms with Crippen molar-refractivity contribution >= 4 is 5.69 Å². The van der Waals surface area contributed by atoms with Gasteiger partial charge < -0.3 is 10.2 Å². The smallest absolute Gasteiger partial charge is 0.0412 e. The van der Waals surface area contributed by atoms with Gasteiger partial charge in [-0.3, -0.25) is 0 Å². The molecule has 3 rings (SSSR count). The van der Waals surface area contributed by atoms with E-state index in [0.29, 0.717) is 12.0 Å². The summed E-state index contributed by atoms with van der Waals surface area (Å²) in [6, 6.07) is 20.1. The summed E-state index contributed by atoms with van der Waals surface area (Å²) in [6.07, 6.45) is 1.09. The van der Waals surface area contributed by atoms with E-state index in [4.69, 9.17) is 0 Å². The summed E-state index contributed by atoms with van der Waals surface area (Å²) in [5, 5.41) is 3.75. The first-order valence-electron chi connectivity index (χ1n) is 8.32. The number of hydrogen-bond acceptors (Lipinski definition) is 2. The second-order valence-corrected chi connectivity index (χ2v) is 6.70. The van der Waals surface area contributed by atoms with Gasteiger partial charge in [-0.2, -0.15) is 0 Å². The van der Waals surface area contributed by atoms with Crippen molar-refractivity contribution in [3.63, 3.8) is 0 Å². The van der Waals surface area contributed by atoms with Gasteiger partial charge in [-0.25, -0.2) is 0 Å². The van der Waals surface area contributed by atoms with Gasteiger partial charge in [-0.1, -0.05) is 62.4 Å². The Kier molecular flexibility index (Phi) is 4.79. The monoisotopic (exact) mass is 294 g/mol. The molecule has 0 radical (unpaired) electrons. The highest BCUT2D eigenvalue weighted by molar-refractivity contribution is 5.54. The molecule has 1 N–H and O–H groups in total. The minimum Gasteiger partial charge on any atom is -0.369 e. The summed E-state index contributed by atoms with van der Waals surface area (Å²) in [6.45, 7) is 7.75. The van der Waals surface area contributed by atoms with Crippen LogP contribution in [0.25, 0.3) is 0 Å². The third-order valence-corrected chi connectivity index (χ3v) is 4.26. The largest absolute Gasteiger partial charge is 0.369 e.